The van der Waals surface area contributed by atoms with Gasteiger partial charge in [0, 0.05) is 23.3 Å². The molecule has 66 valence electrons. The van der Waals surface area contributed by atoms with Crippen molar-refractivity contribution in [1.82, 2.24) is 4.57 Å². The highest BCUT2D eigenvalue weighted by Gasteiger charge is 2.08. The van der Waals surface area contributed by atoms with Crippen LogP contribution >= 0.6 is 15.9 Å². The van der Waals surface area contributed by atoms with Gasteiger partial charge in [0.05, 0.1) is 7.11 Å². The Bertz CT molecular complexity index is 357. The first kappa shape index (κ1) is 9.32. The molecule has 3 nitrogen and oxygen atoms in total. The normalized spacial score (nSPS) is 10.0. The van der Waals surface area contributed by atoms with E-state index < -0.39 is 0 Å². The second-order valence-electron chi connectivity index (χ2n) is 2.55. The molecule has 4 heteroatoms. The van der Waals surface area contributed by atoms with Gasteiger partial charge in [-0.3, -0.25) is 4.79 Å². The Morgan fingerprint density at radius 2 is 2.17 bits per heavy atom. The molecule has 0 amide bonds. The average Bonchev–Trinajstić information content (AvgIpc) is 2.02. The van der Waals surface area contributed by atoms with Crippen LogP contribution in [0.15, 0.2) is 15.5 Å². The molecule has 0 aliphatic rings. The second kappa shape index (κ2) is 3.31. The predicted molar refractivity (Wildman–Crippen MR) is 50.7 cm³/mol. The molecule has 1 heterocycles. The summed E-state index contributed by atoms with van der Waals surface area (Å²) >= 11 is 3.33. The highest BCUT2D eigenvalue weighted by Crippen LogP contribution is 2.20. The molecule has 0 aliphatic carbocycles. The molecular weight excluding hydrogens is 222 g/mol. The lowest BCUT2D eigenvalue weighted by Gasteiger charge is -2.07. The number of aromatic nitrogens is 1. The molecule has 0 atom stereocenters. The van der Waals surface area contributed by atoms with Gasteiger partial charge in [-0.25, -0.2) is 0 Å². The van der Waals surface area contributed by atoms with Crippen molar-refractivity contribution >= 4 is 15.9 Å². The van der Waals surface area contributed by atoms with Crippen molar-refractivity contribution in [2.75, 3.05) is 7.11 Å². The van der Waals surface area contributed by atoms with E-state index in [9.17, 15) is 4.79 Å². The number of hydrogen-bond acceptors (Lipinski definition) is 2. The minimum atomic E-state index is -0.113. The Morgan fingerprint density at radius 3 is 2.67 bits per heavy atom. The van der Waals surface area contributed by atoms with Crippen LogP contribution in [0.1, 0.15) is 5.56 Å². The number of aryl methyl sites for hydroxylation is 1. The number of hydrogen-bond donors (Lipinski definition) is 0. The standard InChI is InChI=1S/C8H10BrNO2/c1-5-6(9)4-10(2)8(11)7(5)12-3/h4H,1-3H3. The Balaban J connectivity index is 3.53. The van der Waals surface area contributed by atoms with Crippen molar-refractivity contribution in [2.24, 2.45) is 7.05 Å². The fourth-order valence-corrected chi connectivity index (χ4v) is 1.48. The largest absolute Gasteiger partial charge is 0.491 e. The number of methoxy groups -OCH3 is 1. The van der Waals surface area contributed by atoms with E-state index in [0.29, 0.717) is 5.75 Å². The lowest BCUT2D eigenvalue weighted by atomic mass is 10.3. The molecule has 1 aromatic heterocycles. The van der Waals surface area contributed by atoms with E-state index in [4.69, 9.17) is 4.74 Å². The highest BCUT2D eigenvalue weighted by atomic mass is 79.9. The van der Waals surface area contributed by atoms with Crippen molar-refractivity contribution < 1.29 is 4.74 Å². The maximum absolute atomic E-state index is 11.4. The number of nitrogens with zero attached hydrogens (tertiary/aromatic N) is 1. The van der Waals surface area contributed by atoms with Crippen molar-refractivity contribution in [3.05, 3.63) is 26.6 Å². The maximum Gasteiger partial charge on any atom is 0.292 e. The number of ether oxygens (including phenoxy) is 1. The highest BCUT2D eigenvalue weighted by molar-refractivity contribution is 9.10. The van der Waals surface area contributed by atoms with Gasteiger partial charge in [0.15, 0.2) is 5.75 Å². The Morgan fingerprint density at radius 1 is 1.58 bits per heavy atom. The van der Waals surface area contributed by atoms with Gasteiger partial charge in [-0.1, -0.05) is 0 Å². The van der Waals surface area contributed by atoms with Crippen LogP contribution in [0.2, 0.25) is 0 Å². The van der Waals surface area contributed by atoms with Crippen LogP contribution in [0.5, 0.6) is 5.75 Å². The second-order valence-corrected chi connectivity index (χ2v) is 3.41. The molecule has 0 spiro atoms. The fraction of sp³-hybridized carbons (Fsp3) is 0.375. The predicted octanol–water partition coefficient (Wildman–Crippen LogP) is 1.46. The first-order valence-electron chi connectivity index (χ1n) is 3.47. The minimum absolute atomic E-state index is 0.113. The van der Waals surface area contributed by atoms with Crippen LogP contribution in [0.4, 0.5) is 0 Å². The summed E-state index contributed by atoms with van der Waals surface area (Å²) in [5, 5.41) is 0. The molecule has 0 bridgehead atoms. The molecule has 0 fully saturated rings. The third kappa shape index (κ3) is 1.39. The molecule has 12 heavy (non-hydrogen) atoms. The van der Waals surface area contributed by atoms with Crippen LogP contribution < -0.4 is 10.3 Å². The van der Waals surface area contributed by atoms with Crippen molar-refractivity contribution in [3.63, 3.8) is 0 Å². The van der Waals surface area contributed by atoms with E-state index in [2.05, 4.69) is 15.9 Å². The zero-order chi connectivity index (χ0) is 9.30. The molecular formula is C8H10BrNO2. The van der Waals surface area contributed by atoms with Gasteiger partial charge in [-0.15, -0.1) is 0 Å². The first-order valence-corrected chi connectivity index (χ1v) is 4.27. The summed E-state index contributed by atoms with van der Waals surface area (Å²) in [6, 6.07) is 0. The monoisotopic (exact) mass is 231 g/mol. The number of halogens is 1. The van der Waals surface area contributed by atoms with Crippen molar-refractivity contribution in [2.45, 2.75) is 6.92 Å². The molecule has 0 aliphatic heterocycles. The molecule has 0 saturated carbocycles. The molecule has 0 unspecified atom stereocenters. The summed E-state index contributed by atoms with van der Waals surface area (Å²) < 4.78 is 7.33. The van der Waals surface area contributed by atoms with E-state index >= 15 is 0 Å². The van der Waals surface area contributed by atoms with E-state index in [1.54, 1.807) is 13.2 Å². The summed E-state index contributed by atoms with van der Waals surface area (Å²) in [7, 11) is 3.19. The van der Waals surface area contributed by atoms with E-state index in [0.717, 1.165) is 10.0 Å². The van der Waals surface area contributed by atoms with E-state index in [-0.39, 0.29) is 5.56 Å². The molecule has 1 rings (SSSR count). The third-order valence-electron chi connectivity index (χ3n) is 1.72. The lowest BCUT2D eigenvalue weighted by molar-refractivity contribution is 0.401. The quantitative estimate of drug-likeness (QED) is 0.734. The Kier molecular flexibility index (Phi) is 2.57. The van der Waals surface area contributed by atoms with Gasteiger partial charge in [0.25, 0.3) is 5.56 Å². The Hall–Kier alpha value is -0.770. The van der Waals surface area contributed by atoms with Crippen LogP contribution in [-0.2, 0) is 7.05 Å². The number of pyridine rings is 1. The van der Waals surface area contributed by atoms with Gasteiger partial charge in [-0.2, -0.15) is 0 Å². The summed E-state index contributed by atoms with van der Waals surface area (Å²) in [5.41, 5.74) is 0.721. The third-order valence-corrected chi connectivity index (χ3v) is 2.52. The Labute approximate surface area is 79.1 Å². The smallest absolute Gasteiger partial charge is 0.292 e. The molecule has 1 aromatic rings. The van der Waals surface area contributed by atoms with Gasteiger partial charge < -0.3 is 9.30 Å². The van der Waals surface area contributed by atoms with Gasteiger partial charge in [-0.05, 0) is 22.9 Å². The van der Waals surface area contributed by atoms with Gasteiger partial charge in [0.2, 0.25) is 0 Å². The summed E-state index contributed by atoms with van der Waals surface area (Å²) in [6.45, 7) is 1.84. The van der Waals surface area contributed by atoms with Crippen molar-refractivity contribution in [1.29, 1.82) is 0 Å². The zero-order valence-corrected chi connectivity index (χ0v) is 8.81. The molecule has 0 saturated heterocycles. The van der Waals surface area contributed by atoms with Crippen LogP contribution in [0.25, 0.3) is 0 Å². The van der Waals surface area contributed by atoms with Gasteiger partial charge >= 0.3 is 0 Å². The van der Waals surface area contributed by atoms with E-state index in [1.807, 2.05) is 6.92 Å². The van der Waals surface area contributed by atoms with Crippen LogP contribution in [0, 0.1) is 6.92 Å². The summed E-state index contributed by atoms with van der Waals surface area (Å²) in [5.74, 6) is 0.395. The molecule has 0 N–H and O–H groups in total. The fourth-order valence-electron chi connectivity index (χ4n) is 0.995. The van der Waals surface area contributed by atoms with E-state index in [1.165, 1.54) is 11.7 Å². The topological polar surface area (TPSA) is 31.2 Å². The van der Waals surface area contributed by atoms with Crippen LogP contribution in [0.3, 0.4) is 0 Å². The lowest BCUT2D eigenvalue weighted by Crippen LogP contribution is -2.19. The minimum Gasteiger partial charge on any atom is -0.491 e. The van der Waals surface area contributed by atoms with Crippen molar-refractivity contribution in [3.8, 4) is 5.75 Å². The van der Waals surface area contributed by atoms with Crippen LogP contribution in [-0.4, -0.2) is 11.7 Å². The number of rotatable bonds is 1. The average molecular weight is 232 g/mol. The molecule has 0 aromatic carbocycles. The zero-order valence-electron chi connectivity index (χ0n) is 7.22. The summed E-state index contributed by atoms with van der Waals surface area (Å²) in [6.07, 6.45) is 1.72. The maximum atomic E-state index is 11.4. The van der Waals surface area contributed by atoms with Gasteiger partial charge in [0.1, 0.15) is 0 Å². The first-order chi connectivity index (χ1) is 5.57. The molecule has 0 radical (unpaired) electrons. The SMILES string of the molecule is COc1c(C)c(Br)cn(C)c1=O. The summed E-state index contributed by atoms with van der Waals surface area (Å²) in [4.78, 5) is 11.4.